The molecule has 2 rings (SSSR count). The summed E-state index contributed by atoms with van der Waals surface area (Å²) >= 11 is 1.69. The van der Waals surface area contributed by atoms with Crippen LogP contribution in [0.25, 0.3) is 0 Å². The van der Waals surface area contributed by atoms with Crippen LogP contribution in [0.15, 0.2) is 24.3 Å². The molecule has 0 bridgehead atoms. The number of benzene rings is 1. The third-order valence-corrected chi connectivity index (χ3v) is 4.27. The second kappa shape index (κ2) is 6.85. The van der Waals surface area contributed by atoms with E-state index < -0.39 is 5.97 Å². The first kappa shape index (κ1) is 15.7. The molecule has 5 nitrogen and oxygen atoms in total. The number of amides is 2. The molecule has 1 aromatic rings. The van der Waals surface area contributed by atoms with E-state index in [1.54, 1.807) is 28.6 Å². The Morgan fingerprint density at radius 3 is 2.81 bits per heavy atom. The van der Waals surface area contributed by atoms with Crippen molar-refractivity contribution in [1.29, 1.82) is 0 Å². The number of carbonyl (C=O) groups is 2. The molecule has 21 heavy (non-hydrogen) atoms. The topological polar surface area (TPSA) is 60.9 Å². The van der Waals surface area contributed by atoms with Crippen LogP contribution in [0.3, 0.4) is 0 Å². The molecule has 0 saturated carbocycles. The van der Waals surface area contributed by atoms with E-state index in [2.05, 4.69) is 0 Å². The second-order valence-electron chi connectivity index (χ2n) is 5.16. The van der Waals surface area contributed by atoms with Gasteiger partial charge in [0.15, 0.2) is 0 Å². The van der Waals surface area contributed by atoms with Gasteiger partial charge in [0.25, 0.3) is 0 Å². The Morgan fingerprint density at radius 2 is 2.14 bits per heavy atom. The zero-order chi connectivity index (χ0) is 15.4. The predicted molar refractivity (Wildman–Crippen MR) is 85.2 cm³/mol. The minimum atomic E-state index is -0.833. The molecule has 114 valence electrons. The molecule has 2 amide bonds. The molecule has 0 aliphatic carbocycles. The van der Waals surface area contributed by atoms with Gasteiger partial charge in [0.2, 0.25) is 0 Å². The van der Waals surface area contributed by atoms with E-state index in [1.807, 2.05) is 30.5 Å². The molecule has 1 aliphatic rings. The minimum absolute atomic E-state index is 0.0509. The van der Waals surface area contributed by atoms with E-state index in [0.29, 0.717) is 13.1 Å². The van der Waals surface area contributed by atoms with E-state index in [-0.39, 0.29) is 18.4 Å². The zero-order valence-electron chi connectivity index (χ0n) is 12.3. The molecular weight excluding hydrogens is 288 g/mol. The van der Waals surface area contributed by atoms with E-state index >= 15 is 0 Å². The highest BCUT2D eigenvalue weighted by molar-refractivity contribution is 7.98. The van der Waals surface area contributed by atoms with Crippen LogP contribution in [0.4, 0.5) is 10.5 Å². The largest absolute Gasteiger partial charge is 0.481 e. The lowest BCUT2D eigenvalue weighted by molar-refractivity contribution is -0.137. The number of carboxylic acids is 1. The number of anilines is 1. The Morgan fingerprint density at radius 1 is 1.43 bits per heavy atom. The second-order valence-corrected chi connectivity index (χ2v) is 6.15. The molecule has 6 heteroatoms. The van der Waals surface area contributed by atoms with Crippen LogP contribution in [0.1, 0.15) is 17.9 Å². The molecule has 1 atom stereocenters. The predicted octanol–water partition coefficient (Wildman–Crippen LogP) is 2.48. The Balaban J connectivity index is 2.18. The maximum absolute atomic E-state index is 12.5. The van der Waals surface area contributed by atoms with Crippen molar-refractivity contribution in [3.8, 4) is 0 Å². The lowest BCUT2D eigenvalue weighted by Gasteiger charge is -2.25. The highest BCUT2D eigenvalue weighted by Crippen LogP contribution is 2.38. The number of hydrogen-bond acceptors (Lipinski definition) is 3. The van der Waals surface area contributed by atoms with E-state index in [0.717, 1.165) is 17.0 Å². The van der Waals surface area contributed by atoms with Gasteiger partial charge in [-0.1, -0.05) is 18.2 Å². The average molecular weight is 308 g/mol. The first-order chi connectivity index (χ1) is 10.0. The standard InChI is InChI=1S/C15H20N2O3S/c1-16(7-8-21-2)15(20)17-10-11(9-14(18)19)12-5-3-4-6-13(12)17/h3-6,11H,7-10H2,1-2H3,(H,18,19). The normalized spacial score (nSPS) is 16.7. The summed E-state index contributed by atoms with van der Waals surface area (Å²) in [7, 11) is 1.78. The lowest BCUT2D eigenvalue weighted by Crippen LogP contribution is -2.41. The molecule has 1 aliphatic heterocycles. The summed E-state index contributed by atoms with van der Waals surface area (Å²) in [6, 6.07) is 7.50. The monoisotopic (exact) mass is 308 g/mol. The number of hydrogen-bond donors (Lipinski definition) is 1. The third-order valence-electron chi connectivity index (χ3n) is 3.68. The number of carboxylic acid groups (broad SMARTS) is 1. The van der Waals surface area contributed by atoms with Crippen molar-refractivity contribution in [3.63, 3.8) is 0 Å². The molecule has 1 heterocycles. The average Bonchev–Trinajstić information content (AvgIpc) is 2.82. The van der Waals surface area contributed by atoms with Crippen LogP contribution in [0.2, 0.25) is 0 Å². The maximum atomic E-state index is 12.5. The molecular formula is C15H20N2O3S. The quantitative estimate of drug-likeness (QED) is 0.908. The molecule has 1 unspecified atom stereocenters. The van der Waals surface area contributed by atoms with Gasteiger partial charge in [-0.25, -0.2) is 4.79 Å². The Bertz CT molecular complexity index is 535. The van der Waals surface area contributed by atoms with Crippen molar-refractivity contribution in [2.75, 3.05) is 37.0 Å². The number of urea groups is 1. The van der Waals surface area contributed by atoms with Gasteiger partial charge >= 0.3 is 12.0 Å². The Kier molecular flexibility index (Phi) is 5.12. The number of fused-ring (bicyclic) bond motifs is 1. The van der Waals surface area contributed by atoms with Crippen LogP contribution in [0.5, 0.6) is 0 Å². The van der Waals surface area contributed by atoms with Crippen molar-refractivity contribution in [2.24, 2.45) is 0 Å². The molecule has 1 N–H and O–H groups in total. The highest BCUT2D eigenvalue weighted by Gasteiger charge is 2.34. The summed E-state index contributed by atoms with van der Waals surface area (Å²) in [6.07, 6.45) is 2.06. The molecule has 0 spiro atoms. The van der Waals surface area contributed by atoms with Gasteiger partial charge in [0.05, 0.1) is 6.42 Å². The zero-order valence-corrected chi connectivity index (χ0v) is 13.1. The van der Waals surface area contributed by atoms with Crippen LogP contribution in [0, 0.1) is 0 Å². The van der Waals surface area contributed by atoms with Gasteiger partial charge < -0.3 is 10.0 Å². The lowest BCUT2D eigenvalue weighted by atomic mass is 9.98. The third kappa shape index (κ3) is 3.50. The van der Waals surface area contributed by atoms with Crippen molar-refractivity contribution >= 4 is 29.4 Å². The Hall–Kier alpha value is -1.69. The van der Waals surface area contributed by atoms with Gasteiger partial charge in [-0.15, -0.1) is 0 Å². The van der Waals surface area contributed by atoms with E-state index in [1.165, 1.54) is 0 Å². The first-order valence-corrected chi connectivity index (χ1v) is 8.26. The van der Waals surface area contributed by atoms with Crippen LogP contribution >= 0.6 is 11.8 Å². The molecule has 0 saturated heterocycles. The first-order valence-electron chi connectivity index (χ1n) is 6.87. The fourth-order valence-electron chi connectivity index (χ4n) is 2.59. The molecule has 0 aromatic heterocycles. The van der Waals surface area contributed by atoms with E-state index in [4.69, 9.17) is 5.11 Å². The molecule has 0 fully saturated rings. The highest BCUT2D eigenvalue weighted by atomic mass is 32.2. The molecule has 0 radical (unpaired) electrons. The van der Waals surface area contributed by atoms with Crippen LogP contribution in [-0.2, 0) is 4.79 Å². The van der Waals surface area contributed by atoms with Crippen molar-refractivity contribution in [1.82, 2.24) is 4.90 Å². The summed E-state index contributed by atoms with van der Waals surface area (Å²) in [5, 5.41) is 9.03. The minimum Gasteiger partial charge on any atom is -0.481 e. The SMILES string of the molecule is CSCCN(C)C(=O)N1CC(CC(=O)O)c2ccccc21. The smallest absolute Gasteiger partial charge is 0.324 e. The van der Waals surface area contributed by atoms with Gasteiger partial charge in [-0.05, 0) is 17.9 Å². The number of nitrogens with zero attached hydrogens (tertiary/aromatic N) is 2. The summed E-state index contributed by atoms with van der Waals surface area (Å²) < 4.78 is 0. The van der Waals surface area contributed by atoms with Crippen LogP contribution < -0.4 is 4.90 Å². The summed E-state index contributed by atoms with van der Waals surface area (Å²) in [6.45, 7) is 1.12. The van der Waals surface area contributed by atoms with Gasteiger partial charge in [0.1, 0.15) is 0 Å². The van der Waals surface area contributed by atoms with Crippen LogP contribution in [-0.4, -0.2) is 54.2 Å². The number of rotatable bonds is 5. The fraction of sp³-hybridized carbons (Fsp3) is 0.467. The number of thioether (sulfide) groups is 1. The Labute approximate surface area is 128 Å². The fourth-order valence-corrected chi connectivity index (χ4v) is 3.05. The van der Waals surface area contributed by atoms with Crippen molar-refractivity contribution in [2.45, 2.75) is 12.3 Å². The van der Waals surface area contributed by atoms with E-state index in [9.17, 15) is 9.59 Å². The number of para-hydroxylation sites is 1. The maximum Gasteiger partial charge on any atom is 0.324 e. The van der Waals surface area contributed by atoms with Gasteiger partial charge in [0, 0.05) is 37.5 Å². The van der Waals surface area contributed by atoms with Crippen molar-refractivity contribution < 1.29 is 14.7 Å². The summed E-state index contributed by atoms with van der Waals surface area (Å²) in [4.78, 5) is 26.9. The van der Waals surface area contributed by atoms with Gasteiger partial charge in [-0.2, -0.15) is 11.8 Å². The van der Waals surface area contributed by atoms with Crippen molar-refractivity contribution in [3.05, 3.63) is 29.8 Å². The number of aliphatic carboxylic acids is 1. The molecule has 1 aromatic carbocycles. The van der Waals surface area contributed by atoms with Gasteiger partial charge in [-0.3, -0.25) is 9.69 Å². The summed E-state index contributed by atoms with van der Waals surface area (Å²) in [5.41, 5.74) is 1.79. The number of carbonyl (C=O) groups excluding carboxylic acids is 1. The summed E-state index contributed by atoms with van der Waals surface area (Å²) in [5.74, 6) is -0.0764.